The van der Waals surface area contributed by atoms with Crippen LogP contribution in [0.5, 0.6) is 0 Å². The standard InChI is InChI=1S/C8H12N2O/c1-5-3-2-4-6-7(5)10-11-8(6)9/h5H,2-4,9H2,1H3. The fourth-order valence-electron chi connectivity index (χ4n) is 1.70. The van der Waals surface area contributed by atoms with Gasteiger partial charge >= 0.3 is 0 Å². The fraction of sp³-hybridized carbons (Fsp3) is 0.625. The Bertz CT molecular complexity index is 267. The lowest BCUT2D eigenvalue weighted by Crippen LogP contribution is -2.06. The Kier molecular flexibility index (Phi) is 1.37. The van der Waals surface area contributed by atoms with Gasteiger partial charge in [0.1, 0.15) is 0 Å². The summed E-state index contributed by atoms with van der Waals surface area (Å²) in [6.07, 6.45) is 3.45. The highest BCUT2D eigenvalue weighted by Gasteiger charge is 2.22. The summed E-state index contributed by atoms with van der Waals surface area (Å²) in [6, 6.07) is 0. The molecule has 0 amide bonds. The zero-order valence-corrected chi connectivity index (χ0v) is 6.63. The van der Waals surface area contributed by atoms with E-state index in [2.05, 4.69) is 12.1 Å². The molecule has 2 N–H and O–H groups in total. The molecular weight excluding hydrogens is 140 g/mol. The number of nitrogen functional groups attached to an aromatic ring is 1. The molecule has 0 saturated heterocycles. The lowest BCUT2D eigenvalue weighted by atomic mass is 9.89. The Balaban J connectivity index is 2.46. The highest BCUT2D eigenvalue weighted by molar-refractivity contribution is 5.41. The molecule has 1 unspecified atom stereocenters. The maximum absolute atomic E-state index is 5.59. The first-order valence-corrected chi connectivity index (χ1v) is 4.03. The Labute approximate surface area is 65.6 Å². The molecule has 0 fully saturated rings. The molecule has 11 heavy (non-hydrogen) atoms. The van der Waals surface area contributed by atoms with E-state index in [4.69, 9.17) is 10.3 Å². The van der Waals surface area contributed by atoms with E-state index in [1.54, 1.807) is 0 Å². The topological polar surface area (TPSA) is 52.0 Å². The third-order valence-electron chi connectivity index (χ3n) is 2.38. The summed E-state index contributed by atoms with van der Waals surface area (Å²) in [6.45, 7) is 2.17. The van der Waals surface area contributed by atoms with Crippen molar-refractivity contribution in [1.29, 1.82) is 0 Å². The van der Waals surface area contributed by atoms with E-state index in [0.717, 1.165) is 17.7 Å². The van der Waals surface area contributed by atoms with Crippen molar-refractivity contribution in [2.24, 2.45) is 0 Å². The van der Waals surface area contributed by atoms with Crippen molar-refractivity contribution < 1.29 is 4.52 Å². The van der Waals surface area contributed by atoms with Gasteiger partial charge in [0.15, 0.2) is 0 Å². The number of nitrogens with zero attached hydrogens (tertiary/aromatic N) is 1. The second-order valence-corrected chi connectivity index (χ2v) is 3.20. The van der Waals surface area contributed by atoms with E-state index < -0.39 is 0 Å². The molecule has 3 nitrogen and oxygen atoms in total. The average Bonchev–Trinajstić information content (AvgIpc) is 2.35. The Morgan fingerprint density at radius 2 is 2.45 bits per heavy atom. The van der Waals surface area contributed by atoms with Crippen molar-refractivity contribution in [3.05, 3.63) is 11.3 Å². The zero-order chi connectivity index (χ0) is 7.84. The van der Waals surface area contributed by atoms with E-state index in [1.165, 1.54) is 12.8 Å². The second kappa shape index (κ2) is 2.26. The summed E-state index contributed by atoms with van der Waals surface area (Å²) in [5.74, 6) is 1.05. The highest BCUT2D eigenvalue weighted by Crippen LogP contribution is 2.33. The summed E-state index contributed by atoms with van der Waals surface area (Å²) < 4.78 is 4.92. The minimum absolute atomic E-state index is 0.520. The number of anilines is 1. The first kappa shape index (κ1) is 6.70. The van der Waals surface area contributed by atoms with Gasteiger partial charge < -0.3 is 10.3 Å². The normalized spacial score (nSPS) is 23.2. The van der Waals surface area contributed by atoms with Gasteiger partial charge in [-0.25, -0.2) is 0 Å². The van der Waals surface area contributed by atoms with Crippen LogP contribution in [0.15, 0.2) is 4.52 Å². The predicted molar refractivity (Wildman–Crippen MR) is 42.3 cm³/mol. The molecule has 1 atom stereocenters. The summed E-state index contributed by atoms with van der Waals surface area (Å²) in [4.78, 5) is 0. The number of aromatic nitrogens is 1. The Hall–Kier alpha value is -0.990. The third-order valence-corrected chi connectivity index (χ3v) is 2.38. The van der Waals surface area contributed by atoms with Crippen LogP contribution in [0, 0.1) is 0 Å². The Morgan fingerprint density at radius 3 is 3.18 bits per heavy atom. The molecule has 0 bridgehead atoms. The molecule has 1 aliphatic rings. The molecule has 0 aliphatic heterocycles. The molecule has 0 saturated carbocycles. The first-order valence-electron chi connectivity index (χ1n) is 4.03. The van der Waals surface area contributed by atoms with Crippen molar-refractivity contribution in [3.63, 3.8) is 0 Å². The van der Waals surface area contributed by atoms with Gasteiger partial charge in [0.2, 0.25) is 5.88 Å². The van der Waals surface area contributed by atoms with Crippen molar-refractivity contribution in [3.8, 4) is 0 Å². The van der Waals surface area contributed by atoms with E-state index >= 15 is 0 Å². The third kappa shape index (κ3) is 0.914. The number of nitrogens with two attached hydrogens (primary N) is 1. The van der Waals surface area contributed by atoms with Crippen LogP contribution in [0.4, 0.5) is 5.88 Å². The van der Waals surface area contributed by atoms with Crippen LogP contribution in [0.2, 0.25) is 0 Å². The van der Waals surface area contributed by atoms with Crippen molar-refractivity contribution >= 4 is 5.88 Å². The van der Waals surface area contributed by atoms with Crippen LogP contribution in [-0.2, 0) is 6.42 Å². The fourth-order valence-corrected chi connectivity index (χ4v) is 1.70. The molecule has 1 aliphatic carbocycles. The molecule has 1 heterocycles. The maximum atomic E-state index is 5.59. The van der Waals surface area contributed by atoms with Gasteiger partial charge in [-0.2, -0.15) is 0 Å². The molecule has 0 spiro atoms. The van der Waals surface area contributed by atoms with Gasteiger partial charge in [-0.05, 0) is 19.3 Å². The van der Waals surface area contributed by atoms with Crippen molar-refractivity contribution in [2.75, 3.05) is 5.73 Å². The Morgan fingerprint density at radius 1 is 1.64 bits per heavy atom. The molecular formula is C8H12N2O. The van der Waals surface area contributed by atoms with Gasteiger partial charge in [0.05, 0.1) is 5.69 Å². The second-order valence-electron chi connectivity index (χ2n) is 3.20. The van der Waals surface area contributed by atoms with E-state index in [-0.39, 0.29) is 0 Å². The maximum Gasteiger partial charge on any atom is 0.225 e. The van der Waals surface area contributed by atoms with Crippen LogP contribution in [0.3, 0.4) is 0 Å². The van der Waals surface area contributed by atoms with E-state index in [0.29, 0.717) is 11.8 Å². The number of rotatable bonds is 0. The number of hydrogen-bond donors (Lipinski definition) is 1. The van der Waals surface area contributed by atoms with Crippen LogP contribution < -0.4 is 5.73 Å². The van der Waals surface area contributed by atoms with Gasteiger partial charge in [-0.3, -0.25) is 0 Å². The molecule has 0 aromatic carbocycles. The van der Waals surface area contributed by atoms with Gasteiger partial charge in [-0.1, -0.05) is 12.1 Å². The molecule has 60 valence electrons. The molecule has 2 rings (SSSR count). The summed E-state index contributed by atoms with van der Waals surface area (Å²) in [5, 5.41) is 3.94. The van der Waals surface area contributed by atoms with Gasteiger partial charge in [0, 0.05) is 11.5 Å². The summed E-state index contributed by atoms with van der Waals surface area (Å²) in [7, 11) is 0. The highest BCUT2D eigenvalue weighted by atomic mass is 16.5. The molecule has 0 radical (unpaired) electrons. The van der Waals surface area contributed by atoms with Crippen LogP contribution >= 0.6 is 0 Å². The zero-order valence-electron chi connectivity index (χ0n) is 6.63. The average molecular weight is 152 g/mol. The van der Waals surface area contributed by atoms with Crippen LogP contribution in [-0.4, -0.2) is 5.16 Å². The van der Waals surface area contributed by atoms with Crippen LogP contribution in [0.25, 0.3) is 0 Å². The van der Waals surface area contributed by atoms with E-state index in [1.807, 2.05) is 0 Å². The quantitative estimate of drug-likeness (QED) is 0.615. The molecule has 1 aromatic rings. The lowest BCUT2D eigenvalue weighted by molar-refractivity contribution is 0.419. The largest absolute Gasteiger partial charge is 0.367 e. The van der Waals surface area contributed by atoms with Crippen molar-refractivity contribution in [2.45, 2.75) is 32.1 Å². The smallest absolute Gasteiger partial charge is 0.225 e. The first-order chi connectivity index (χ1) is 5.29. The van der Waals surface area contributed by atoms with E-state index in [9.17, 15) is 0 Å². The molecule has 1 aromatic heterocycles. The van der Waals surface area contributed by atoms with Gasteiger partial charge in [0.25, 0.3) is 0 Å². The summed E-state index contributed by atoms with van der Waals surface area (Å²) >= 11 is 0. The minimum atomic E-state index is 0.520. The van der Waals surface area contributed by atoms with Crippen molar-refractivity contribution in [1.82, 2.24) is 5.16 Å². The monoisotopic (exact) mass is 152 g/mol. The SMILES string of the molecule is CC1CCCc2c1noc2N. The molecule has 3 heteroatoms. The summed E-state index contributed by atoms with van der Waals surface area (Å²) in [5.41, 5.74) is 7.81. The predicted octanol–water partition coefficient (Wildman–Crippen LogP) is 1.70. The number of fused-ring (bicyclic) bond motifs is 1. The number of hydrogen-bond acceptors (Lipinski definition) is 3. The van der Waals surface area contributed by atoms with Gasteiger partial charge in [-0.15, -0.1) is 0 Å². The lowest BCUT2D eigenvalue weighted by Gasteiger charge is -2.15. The van der Waals surface area contributed by atoms with Crippen LogP contribution in [0.1, 0.15) is 36.9 Å². The minimum Gasteiger partial charge on any atom is -0.367 e.